The van der Waals surface area contributed by atoms with Gasteiger partial charge in [-0.05, 0) is 25.5 Å². The standard InChI is InChI=1S/C13H18NO2P.C2H6/c1-14-12-9-5-6-10-13(12,16-17(14)15)11-7-3-2-4-8-11;1-2/h2-4,7-8,12,15H,5-6,9-10H2,1H3;1-2H3/t12?,13-,17?;/m0./s1. The van der Waals surface area contributed by atoms with Gasteiger partial charge >= 0.3 is 0 Å². The normalized spacial score (nSPS) is 34.3. The van der Waals surface area contributed by atoms with Crippen LogP contribution in [0.15, 0.2) is 30.3 Å². The second-order valence-electron chi connectivity index (χ2n) is 4.93. The molecule has 1 aliphatic heterocycles. The third-order valence-corrected chi connectivity index (χ3v) is 5.35. The Morgan fingerprint density at radius 2 is 1.95 bits per heavy atom. The van der Waals surface area contributed by atoms with E-state index in [2.05, 4.69) is 24.3 Å². The molecule has 19 heavy (non-hydrogen) atoms. The zero-order chi connectivity index (χ0) is 13.9. The predicted molar refractivity (Wildman–Crippen MR) is 79.7 cm³/mol. The summed E-state index contributed by atoms with van der Waals surface area (Å²) >= 11 is 0. The lowest BCUT2D eigenvalue weighted by atomic mass is 9.76. The lowest BCUT2D eigenvalue weighted by Gasteiger charge is -2.38. The van der Waals surface area contributed by atoms with Crippen molar-refractivity contribution in [3.05, 3.63) is 35.9 Å². The monoisotopic (exact) mass is 281 g/mol. The van der Waals surface area contributed by atoms with Gasteiger partial charge in [-0.3, -0.25) is 0 Å². The topological polar surface area (TPSA) is 32.7 Å². The first-order valence-electron chi connectivity index (χ1n) is 7.20. The van der Waals surface area contributed by atoms with E-state index < -0.39 is 8.53 Å². The lowest BCUT2D eigenvalue weighted by molar-refractivity contribution is 0.0224. The highest BCUT2D eigenvalue weighted by molar-refractivity contribution is 7.43. The van der Waals surface area contributed by atoms with Crippen molar-refractivity contribution in [2.24, 2.45) is 0 Å². The van der Waals surface area contributed by atoms with Gasteiger partial charge in [-0.2, -0.15) is 0 Å². The van der Waals surface area contributed by atoms with Gasteiger partial charge in [0.1, 0.15) is 5.60 Å². The molecular formula is C15H24NO2P. The molecule has 4 heteroatoms. The van der Waals surface area contributed by atoms with Gasteiger partial charge in [-0.25, -0.2) is 4.67 Å². The molecule has 2 fully saturated rings. The third kappa shape index (κ3) is 2.57. The second kappa shape index (κ2) is 6.32. The van der Waals surface area contributed by atoms with Gasteiger partial charge in [0, 0.05) is 0 Å². The molecule has 0 bridgehead atoms. The van der Waals surface area contributed by atoms with Crippen LogP contribution in [0.3, 0.4) is 0 Å². The molecule has 106 valence electrons. The molecule has 1 N–H and O–H groups in total. The number of likely N-dealkylation sites (N-methyl/N-ethyl adjacent to an activating group) is 1. The first kappa shape index (κ1) is 14.9. The van der Waals surface area contributed by atoms with Crippen molar-refractivity contribution in [2.75, 3.05) is 7.05 Å². The van der Waals surface area contributed by atoms with E-state index in [-0.39, 0.29) is 5.60 Å². The summed E-state index contributed by atoms with van der Waals surface area (Å²) in [5.74, 6) is 0. The van der Waals surface area contributed by atoms with Crippen molar-refractivity contribution in [3.63, 3.8) is 0 Å². The minimum atomic E-state index is -1.42. The Labute approximate surface area is 117 Å². The average Bonchev–Trinajstić information content (AvgIpc) is 2.75. The van der Waals surface area contributed by atoms with Gasteiger partial charge in [0.25, 0.3) is 8.53 Å². The number of hydrogen-bond donors (Lipinski definition) is 1. The summed E-state index contributed by atoms with van der Waals surface area (Å²) in [6, 6.07) is 10.7. The third-order valence-electron chi connectivity index (χ3n) is 4.04. The van der Waals surface area contributed by atoms with Crippen LogP contribution in [0.1, 0.15) is 45.1 Å². The lowest BCUT2D eigenvalue weighted by Crippen LogP contribution is -2.44. The highest BCUT2D eigenvalue weighted by Crippen LogP contribution is 2.60. The van der Waals surface area contributed by atoms with E-state index in [1.54, 1.807) is 0 Å². The summed E-state index contributed by atoms with van der Waals surface area (Å²) in [6.45, 7) is 4.00. The summed E-state index contributed by atoms with van der Waals surface area (Å²) in [6.07, 6.45) is 4.55. The molecule has 2 unspecified atom stereocenters. The number of fused-ring (bicyclic) bond motifs is 1. The second-order valence-corrected chi connectivity index (χ2v) is 6.25. The van der Waals surface area contributed by atoms with E-state index in [0.717, 1.165) is 12.8 Å². The predicted octanol–water partition coefficient (Wildman–Crippen LogP) is 4.03. The fraction of sp³-hybridized carbons (Fsp3) is 0.600. The number of benzene rings is 1. The molecule has 2 aliphatic rings. The zero-order valence-corrected chi connectivity index (χ0v) is 12.9. The Bertz CT molecular complexity index is 400. The number of rotatable bonds is 1. The number of hydrogen-bond acceptors (Lipinski definition) is 3. The first-order valence-corrected chi connectivity index (χ1v) is 8.37. The van der Waals surface area contributed by atoms with Crippen LogP contribution in [0.25, 0.3) is 0 Å². The van der Waals surface area contributed by atoms with Crippen molar-refractivity contribution in [1.82, 2.24) is 4.67 Å². The molecular weight excluding hydrogens is 257 g/mol. The first-order chi connectivity index (χ1) is 9.24. The Kier molecular flexibility index (Phi) is 4.97. The van der Waals surface area contributed by atoms with Crippen molar-refractivity contribution in [1.29, 1.82) is 0 Å². The van der Waals surface area contributed by atoms with Crippen LogP contribution < -0.4 is 0 Å². The van der Waals surface area contributed by atoms with Crippen molar-refractivity contribution in [3.8, 4) is 0 Å². The Morgan fingerprint density at radius 1 is 1.26 bits per heavy atom. The van der Waals surface area contributed by atoms with Crippen LogP contribution in [-0.4, -0.2) is 22.7 Å². The average molecular weight is 281 g/mol. The van der Waals surface area contributed by atoms with Crippen molar-refractivity contribution >= 4 is 8.53 Å². The fourth-order valence-electron chi connectivity index (χ4n) is 3.16. The van der Waals surface area contributed by atoms with E-state index in [0.29, 0.717) is 6.04 Å². The zero-order valence-electron chi connectivity index (χ0n) is 12.0. The minimum Gasteiger partial charge on any atom is -0.338 e. The molecule has 1 aromatic carbocycles. The van der Waals surface area contributed by atoms with Gasteiger partial charge in [-0.1, -0.05) is 57.0 Å². The van der Waals surface area contributed by atoms with Gasteiger partial charge in [-0.15, -0.1) is 0 Å². The summed E-state index contributed by atoms with van der Waals surface area (Å²) < 4.78 is 8.03. The summed E-state index contributed by atoms with van der Waals surface area (Å²) in [5.41, 5.74) is 0.949. The molecule has 0 aromatic heterocycles. The highest BCUT2D eigenvalue weighted by Gasteiger charge is 2.54. The molecule has 3 atom stereocenters. The highest BCUT2D eigenvalue weighted by atomic mass is 31.2. The van der Waals surface area contributed by atoms with Crippen molar-refractivity contribution in [2.45, 2.75) is 51.2 Å². The van der Waals surface area contributed by atoms with E-state index in [9.17, 15) is 4.89 Å². The van der Waals surface area contributed by atoms with Crippen LogP contribution in [0, 0.1) is 0 Å². The maximum absolute atomic E-state index is 10.0. The van der Waals surface area contributed by atoms with Crippen LogP contribution >= 0.6 is 8.53 Å². The van der Waals surface area contributed by atoms with Crippen LogP contribution in [0.4, 0.5) is 0 Å². The van der Waals surface area contributed by atoms with Crippen LogP contribution in [-0.2, 0) is 10.1 Å². The summed E-state index contributed by atoms with van der Waals surface area (Å²) in [7, 11) is 0.563. The van der Waals surface area contributed by atoms with E-state index in [1.165, 1.54) is 18.4 Å². The van der Waals surface area contributed by atoms with E-state index in [1.807, 2.05) is 31.6 Å². The van der Waals surface area contributed by atoms with Gasteiger partial charge in [0.2, 0.25) is 0 Å². The largest absolute Gasteiger partial charge is 0.338 e. The smallest absolute Gasteiger partial charge is 0.256 e. The van der Waals surface area contributed by atoms with Gasteiger partial charge < -0.3 is 9.42 Å². The molecule has 0 amide bonds. The molecule has 0 radical (unpaired) electrons. The molecule has 1 aromatic rings. The Hall–Kier alpha value is -0.470. The fourth-order valence-corrected chi connectivity index (χ4v) is 4.44. The summed E-state index contributed by atoms with van der Waals surface area (Å²) in [4.78, 5) is 10.0. The van der Waals surface area contributed by atoms with Crippen LogP contribution in [0.2, 0.25) is 0 Å². The van der Waals surface area contributed by atoms with E-state index >= 15 is 0 Å². The number of nitrogens with zero attached hydrogens (tertiary/aromatic N) is 1. The Balaban J connectivity index is 0.000000637. The van der Waals surface area contributed by atoms with Gasteiger partial charge in [0.05, 0.1) is 6.04 Å². The molecule has 0 spiro atoms. The minimum absolute atomic E-state index is 0.269. The molecule has 1 heterocycles. The summed E-state index contributed by atoms with van der Waals surface area (Å²) in [5, 5.41) is 0. The maximum Gasteiger partial charge on any atom is 0.256 e. The SMILES string of the molecule is CC.CN1C2CCCC[C@@]2(c2ccccc2)OP1O. The van der Waals surface area contributed by atoms with Crippen molar-refractivity contribution < 1.29 is 9.42 Å². The quantitative estimate of drug-likeness (QED) is 0.789. The van der Waals surface area contributed by atoms with Gasteiger partial charge in [0.15, 0.2) is 0 Å². The molecule has 1 saturated heterocycles. The molecule has 1 aliphatic carbocycles. The molecule has 3 rings (SSSR count). The molecule has 1 saturated carbocycles. The Morgan fingerprint density at radius 3 is 2.63 bits per heavy atom. The maximum atomic E-state index is 10.0. The van der Waals surface area contributed by atoms with Crippen LogP contribution in [0.5, 0.6) is 0 Å². The van der Waals surface area contributed by atoms with E-state index in [4.69, 9.17) is 4.52 Å². The molecule has 3 nitrogen and oxygen atoms in total.